The number of anilines is 1. The number of benzene rings is 1. The number of nitrogens with one attached hydrogen (secondary N) is 1. The molecule has 1 N–H and O–H groups in total. The van der Waals surface area contributed by atoms with Gasteiger partial charge in [0.15, 0.2) is 0 Å². The first kappa shape index (κ1) is 14.8. The molecular weight excluding hydrogens is 252 g/mol. The SMILES string of the molecule is CCCCOc1cccc(NS(=O)(=O)N(C)C)c1. The average molecular weight is 272 g/mol. The Morgan fingerprint density at radius 2 is 2.06 bits per heavy atom. The summed E-state index contributed by atoms with van der Waals surface area (Å²) in [5.41, 5.74) is 0.498. The summed E-state index contributed by atoms with van der Waals surface area (Å²) in [6.07, 6.45) is 2.04. The number of hydrogen-bond donors (Lipinski definition) is 1. The van der Waals surface area contributed by atoms with E-state index in [2.05, 4.69) is 11.6 Å². The monoisotopic (exact) mass is 272 g/mol. The van der Waals surface area contributed by atoms with Gasteiger partial charge in [-0.3, -0.25) is 4.72 Å². The molecule has 18 heavy (non-hydrogen) atoms. The van der Waals surface area contributed by atoms with Gasteiger partial charge < -0.3 is 4.74 Å². The number of rotatable bonds is 7. The molecule has 0 saturated heterocycles. The first-order valence-electron chi connectivity index (χ1n) is 5.89. The van der Waals surface area contributed by atoms with Crippen LogP contribution in [0.4, 0.5) is 5.69 Å². The minimum absolute atomic E-state index is 0.498. The van der Waals surface area contributed by atoms with Crippen LogP contribution in [0.3, 0.4) is 0 Å². The molecule has 0 saturated carbocycles. The molecule has 1 aromatic rings. The van der Waals surface area contributed by atoms with Crippen molar-refractivity contribution in [3.63, 3.8) is 0 Å². The highest BCUT2D eigenvalue weighted by Gasteiger charge is 2.12. The molecule has 0 fully saturated rings. The lowest BCUT2D eigenvalue weighted by molar-refractivity contribution is 0.309. The highest BCUT2D eigenvalue weighted by molar-refractivity contribution is 7.90. The van der Waals surface area contributed by atoms with E-state index >= 15 is 0 Å². The van der Waals surface area contributed by atoms with E-state index in [-0.39, 0.29) is 0 Å². The fourth-order valence-corrected chi connectivity index (χ4v) is 1.83. The zero-order valence-electron chi connectivity index (χ0n) is 11.0. The van der Waals surface area contributed by atoms with Gasteiger partial charge in [0.25, 0.3) is 0 Å². The predicted molar refractivity (Wildman–Crippen MR) is 73.1 cm³/mol. The van der Waals surface area contributed by atoms with Crippen LogP contribution in [-0.4, -0.2) is 33.4 Å². The second-order valence-corrected chi connectivity index (χ2v) is 6.00. The fourth-order valence-electron chi connectivity index (χ4n) is 1.22. The summed E-state index contributed by atoms with van der Waals surface area (Å²) in [6.45, 7) is 2.73. The summed E-state index contributed by atoms with van der Waals surface area (Å²) in [4.78, 5) is 0. The highest BCUT2D eigenvalue weighted by Crippen LogP contribution is 2.19. The average Bonchev–Trinajstić information content (AvgIpc) is 2.29. The lowest BCUT2D eigenvalue weighted by atomic mass is 10.3. The number of ether oxygens (including phenoxy) is 1. The van der Waals surface area contributed by atoms with E-state index in [9.17, 15) is 8.42 Å². The molecule has 102 valence electrons. The van der Waals surface area contributed by atoms with Gasteiger partial charge in [0.2, 0.25) is 0 Å². The zero-order chi connectivity index (χ0) is 13.6. The summed E-state index contributed by atoms with van der Waals surface area (Å²) in [5, 5.41) is 0. The Morgan fingerprint density at radius 3 is 2.67 bits per heavy atom. The van der Waals surface area contributed by atoms with Crippen LogP contribution >= 0.6 is 0 Å². The number of unbranched alkanes of at least 4 members (excludes halogenated alkanes) is 1. The Kier molecular flexibility index (Phi) is 5.43. The standard InChI is InChI=1S/C12H20N2O3S/c1-4-5-9-17-12-8-6-7-11(10-12)13-18(15,16)14(2)3/h6-8,10,13H,4-5,9H2,1-3H3. The maximum Gasteiger partial charge on any atom is 0.301 e. The van der Waals surface area contributed by atoms with Crippen LogP contribution < -0.4 is 9.46 Å². The van der Waals surface area contributed by atoms with E-state index in [1.807, 2.05) is 6.07 Å². The van der Waals surface area contributed by atoms with Gasteiger partial charge in [-0.1, -0.05) is 19.4 Å². The van der Waals surface area contributed by atoms with Crippen LogP contribution in [-0.2, 0) is 10.2 Å². The molecule has 0 aliphatic heterocycles. The Balaban J connectivity index is 2.71. The number of hydrogen-bond acceptors (Lipinski definition) is 3. The normalized spacial score (nSPS) is 11.6. The fraction of sp³-hybridized carbons (Fsp3) is 0.500. The maximum atomic E-state index is 11.6. The molecule has 0 radical (unpaired) electrons. The number of nitrogens with zero attached hydrogens (tertiary/aromatic N) is 1. The second-order valence-electron chi connectivity index (χ2n) is 4.12. The van der Waals surface area contributed by atoms with Crippen LogP contribution in [0, 0.1) is 0 Å². The third-order valence-electron chi connectivity index (χ3n) is 2.33. The van der Waals surface area contributed by atoms with Gasteiger partial charge >= 0.3 is 10.2 Å². The zero-order valence-corrected chi connectivity index (χ0v) is 11.8. The largest absolute Gasteiger partial charge is 0.494 e. The summed E-state index contributed by atoms with van der Waals surface area (Å²) in [7, 11) is -0.513. The molecule has 1 rings (SSSR count). The lowest BCUT2D eigenvalue weighted by Crippen LogP contribution is -2.28. The minimum Gasteiger partial charge on any atom is -0.494 e. The highest BCUT2D eigenvalue weighted by atomic mass is 32.2. The molecule has 5 nitrogen and oxygen atoms in total. The topological polar surface area (TPSA) is 58.6 Å². The van der Waals surface area contributed by atoms with Crippen LogP contribution in [0.1, 0.15) is 19.8 Å². The van der Waals surface area contributed by atoms with E-state index in [0.717, 1.165) is 17.1 Å². The molecule has 1 aromatic carbocycles. The molecule has 0 aliphatic carbocycles. The van der Waals surface area contributed by atoms with Crippen molar-refractivity contribution < 1.29 is 13.2 Å². The molecular formula is C12H20N2O3S. The van der Waals surface area contributed by atoms with Crippen LogP contribution in [0.2, 0.25) is 0 Å². The molecule has 0 spiro atoms. The van der Waals surface area contributed by atoms with E-state index in [4.69, 9.17) is 4.74 Å². The third-order valence-corrected chi connectivity index (χ3v) is 3.78. The van der Waals surface area contributed by atoms with Crippen molar-refractivity contribution in [2.75, 3.05) is 25.4 Å². The Bertz CT molecular complexity index is 472. The van der Waals surface area contributed by atoms with Gasteiger partial charge in [0.05, 0.1) is 12.3 Å². The van der Waals surface area contributed by atoms with Crippen molar-refractivity contribution in [1.82, 2.24) is 4.31 Å². The molecule has 0 aromatic heterocycles. The van der Waals surface area contributed by atoms with E-state index in [1.165, 1.54) is 14.1 Å². The van der Waals surface area contributed by atoms with Crippen LogP contribution in [0.15, 0.2) is 24.3 Å². The first-order valence-corrected chi connectivity index (χ1v) is 7.33. The van der Waals surface area contributed by atoms with Crippen molar-refractivity contribution in [2.45, 2.75) is 19.8 Å². The minimum atomic E-state index is -3.47. The molecule has 0 atom stereocenters. The van der Waals surface area contributed by atoms with Crippen LogP contribution in [0.5, 0.6) is 5.75 Å². The molecule has 6 heteroatoms. The molecule has 0 aliphatic rings. The lowest BCUT2D eigenvalue weighted by Gasteiger charge is -2.14. The first-order chi connectivity index (χ1) is 8.45. The molecule has 0 unspecified atom stereocenters. The van der Waals surface area contributed by atoms with Gasteiger partial charge in [-0.05, 0) is 18.6 Å². The summed E-state index contributed by atoms with van der Waals surface area (Å²) in [5.74, 6) is 0.669. The summed E-state index contributed by atoms with van der Waals surface area (Å²) >= 11 is 0. The summed E-state index contributed by atoms with van der Waals surface area (Å²) in [6, 6.07) is 6.93. The Hall–Kier alpha value is -1.27. The van der Waals surface area contributed by atoms with Gasteiger partial charge in [-0.2, -0.15) is 12.7 Å². The van der Waals surface area contributed by atoms with Crippen molar-refractivity contribution >= 4 is 15.9 Å². The second kappa shape index (κ2) is 6.61. The molecule has 0 amide bonds. The van der Waals surface area contributed by atoms with Gasteiger partial charge in [0.1, 0.15) is 5.75 Å². The summed E-state index contributed by atoms with van der Waals surface area (Å²) < 4.78 is 32.4. The maximum absolute atomic E-state index is 11.6. The molecule has 0 heterocycles. The van der Waals surface area contributed by atoms with Crippen molar-refractivity contribution in [3.8, 4) is 5.75 Å². The predicted octanol–water partition coefficient (Wildman–Crippen LogP) is 2.08. The third kappa shape index (κ3) is 4.54. The van der Waals surface area contributed by atoms with Crippen molar-refractivity contribution in [3.05, 3.63) is 24.3 Å². The molecule has 0 bridgehead atoms. The smallest absolute Gasteiger partial charge is 0.301 e. The van der Waals surface area contributed by atoms with Gasteiger partial charge in [-0.25, -0.2) is 0 Å². The van der Waals surface area contributed by atoms with Gasteiger partial charge in [-0.15, -0.1) is 0 Å². The Labute approximate surface area is 109 Å². The Morgan fingerprint density at radius 1 is 1.33 bits per heavy atom. The van der Waals surface area contributed by atoms with Gasteiger partial charge in [0, 0.05) is 20.2 Å². The van der Waals surface area contributed by atoms with Crippen LogP contribution in [0.25, 0.3) is 0 Å². The quantitative estimate of drug-likeness (QED) is 0.773. The van der Waals surface area contributed by atoms with Crippen molar-refractivity contribution in [2.24, 2.45) is 0 Å². The van der Waals surface area contributed by atoms with E-state index in [1.54, 1.807) is 18.2 Å². The van der Waals surface area contributed by atoms with Crippen molar-refractivity contribution in [1.29, 1.82) is 0 Å². The van der Waals surface area contributed by atoms with E-state index < -0.39 is 10.2 Å². The van der Waals surface area contributed by atoms with E-state index in [0.29, 0.717) is 18.0 Å².